The van der Waals surface area contributed by atoms with Gasteiger partial charge in [-0.05, 0) is 29.5 Å². The number of hydrogen-bond acceptors (Lipinski definition) is 3. The van der Waals surface area contributed by atoms with Crippen LogP contribution in [0.2, 0.25) is 0 Å². The summed E-state index contributed by atoms with van der Waals surface area (Å²) in [5.41, 5.74) is 0.612. The molecule has 2 rings (SSSR count). The van der Waals surface area contributed by atoms with Crippen molar-refractivity contribution < 1.29 is 12.8 Å². The molecule has 6 heteroatoms. The molecule has 0 saturated heterocycles. The van der Waals surface area contributed by atoms with E-state index >= 15 is 0 Å². The fourth-order valence-corrected chi connectivity index (χ4v) is 2.24. The summed E-state index contributed by atoms with van der Waals surface area (Å²) < 4.78 is 35.4. The van der Waals surface area contributed by atoms with Crippen molar-refractivity contribution in [1.29, 1.82) is 0 Å². The standard InChI is InChI=1S/C12H9FNO3S/c13-11-6-2-1-4-9(11)8-10-5-3-7-14(15)12(10)18(16)17/h1-7H,8H2/q-1. The SMILES string of the molecule is O=S(=O)=c1c(Cc2ccccc2F)cccn1[O-]. The molecule has 0 bridgehead atoms. The van der Waals surface area contributed by atoms with Gasteiger partial charge in [0.1, 0.15) is 5.82 Å². The zero-order valence-corrected chi connectivity index (χ0v) is 10.0. The maximum atomic E-state index is 13.5. The van der Waals surface area contributed by atoms with Crippen LogP contribution in [0.3, 0.4) is 0 Å². The quantitative estimate of drug-likeness (QED) is 0.781. The number of rotatable bonds is 2. The average molecular weight is 266 g/mol. The van der Waals surface area contributed by atoms with Crippen LogP contribution in [-0.4, -0.2) is 13.1 Å². The molecule has 0 N–H and O–H groups in total. The van der Waals surface area contributed by atoms with E-state index in [2.05, 4.69) is 0 Å². The monoisotopic (exact) mass is 266 g/mol. The summed E-state index contributed by atoms with van der Waals surface area (Å²) in [6, 6.07) is 8.96. The van der Waals surface area contributed by atoms with Gasteiger partial charge < -0.3 is 9.94 Å². The molecule has 4 nitrogen and oxygen atoms in total. The Hall–Kier alpha value is -2.08. The summed E-state index contributed by atoms with van der Waals surface area (Å²) in [6.45, 7) is 0. The molecular formula is C12H9FNO3S-. The lowest BCUT2D eigenvalue weighted by Crippen LogP contribution is -2.00. The maximum Gasteiger partial charge on any atom is 0.238 e. The second-order valence-electron chi connectivity index (χ2n) is 3.67. The van der Waals surface area contributed by atoms with Crippen LogP contribution in [0.25, 0.3) is 0 Å². The largest absolute Gasteiger partial charge is 0.805 e. The Morgan fingerprint density at radius 1 is 1.11 bits per heavy atom. The van der Waals surface area contributed by atoms with Gasteiger partial charge in [-0.3, -0.25) is 0 Å². The number of benzene rings is 1. The molecule has 94 valence electrons. The van der Waals surface area contributed by atoms with Crippen LogP contribution in [0, 0.1) is 15.7 Å². The van der Waals surface area contributed by atoms with Crippen molar-refractivity contribution in [1.82, 2.24) is 4.73 Å². The molecule has 1 aromatic carbocycles. The Bertz CT molecular complexity index is 742. The van der Waals surface area contributed by atoms with E-state index in [4.69, 9.17) is 0 Å². The van der Waals surface area contributed by atoms with Gasteiger partial charge in [0.15, 0.2) is 4.64 Å². The molecule has 0 aliphatic rings. The molecule has 0 fully saturated rings. The molecule has 1 heterocycles. The van der Waals surface area contributed by atoms with Gasteiger partial charge in [-0.15, -0.1) is 0 Å². The van der Waals surface area contributed by atoms with Crippen molar-refractivity contribution in [3.05, 3.63) is 69.4 Å². The van der Waals surface area contributed by atoms with E-state index in [9.17, 15) is 18.0 Å². The number of nitrogens with zero attached hydrogens (tertiary/aromatic N) is 1. The summed E-state index contributed by atoms with van der Waals surface area (Å²) in [7, 11) is -2.65. The highest BCUT2D eigenvalue weighted by Gasteiger charge is 2.05. The van der Waals surface area contributed by atoms with Crippen LogP contribution in [0.4, 0.5) is 4.39 Å². The first-order valence-corrected chi connectivity index (χ1v) is 6.21. The lowest BCUT2D eigenvalue weighted by atomic mass is 10.1. The predicted octanol–water partition coefficient (Wildman–Crippen LogP) is 1.97. The van der Waals surface area contributed by atoms with E-state index in [1.54, 1.807) is 18.2 Å². The van der Waals surface area contributed by atoms with Crippen LogP contribution in [0.1, 0.15) is 11.1 Å². The van der Waals surface area contributed by atoms with Crippen LogP contribution < -0.4 is 0 Å². The van der Waals surface area contributed by atoms with Crippen molar-refractivity contribution in [3.63, 3.8) is 0 Å². The molecule has 18 heavy (non-hydrogen) atoms. The minimum atomic E-state index is -2.65. The van der Waals surface area contributed by atoms with Crippen LogP contribution in [0.15, 0.2) is 42.6 Å². The van der Waals surface area contributed by atoms with Gasteiger partial charge in [-0.2, -0.15) is 8.42 Å². The summed E-state index contributed by atoms with van der Waals surface area (Å²) >= 11 is 0. The summed E-state index contributed by atoms with van der Waals surface area (Å²) in [4.78, 5) is 0. The molecule has 0 saturated carbocycles. The second-order valence-corrected chi connectivity index (χ2v) is 4.52. The van der Waals surface area contributed by atoms with Crippen LogP contribution in [0.5, 0.6) is 0 Å². The Balaban J connectivity index is 2.59. The highest BCUT2D eigenvalue weighted by atomic mass is 32.2. The second kappa shape index (κ2) is 5.05. The van der Waals surface area contributed by atoms with Gasteiger partial charge in [-0.1, -0.05) is 24.3 Å². The summed E-state index contributed by atoms with van der Waals surface area (Å²) in [5, 5.41) is 11.4. The number of hydrogen-bond donors (Lipinski definition) is 0. The van der Waals surface area contributed by atoms with Crippen LogP contribution >= 0.6 is 0 Å². The Morgan fingerprint density at radius 2 is 1.78 bits per heavy atom. The minimum absolute atomic E-state index is 0.0546. The molecule has 0 unspecified atom stereocenters. The molecule has 0 atom stereocenters. The number of pyridine rings is 1. The Kier molecular flexibility index (Phi) is 3.47. The first kappa shape index (κ1) is 12.4. The molecule has 0 amide bonds. The lowest BCUT2D eigenvalue weighted by molar-refractivity contribution is 0.612. The van der Waals surface area contributed by atoms with Crippen LogP contribution in [-0.2, 0) is 16.7 Å². The Labute approximate surface area is 104 Å². The van der Waals surface area contributed by atoms with Gasteiger partial charge in [0.25, 0.3) is 0 Å². The van der Waals surface area contributed by atoms with Crippen molar-refractivity contribution in [2.45, 2.75) is 6.42 Å². The normalized spacial score (nSPS) is 10.3. The van der Waals surface area contributed by atoms with Gasteiger partial charge in [0.2, 0.25) is 10.3 Å². The highest BCUT2D eigenvalue weighted by Crippen LogP contribution is 2.13. The third-order valence-electron chi connectivity index (χ3n) is 2.49. The summed E-state index contributed by atoms with van der Waals surface area (Å²) in [6.07, 6.45) is 1.15. The zero-order chi connectivity index (χ0) is 13.1. The third-order valence-corrected chi connectivity index (χ3v) is 3.25. The first-order chi connectivity index (χ1) is 8.59. The smallest absolute Gasteiger partial charge is 0.238 e. The molecule has 0 aliphatic heterocycles. The fraction of sp³-hybridized carbons (Fsp3) is 0.0833. The first-order valence-electron chi connectivity index (χ1n) is 5.13. The van der Waals surface area contributed by atoms with E-state index in [1.807, 2.05) is 0 Å². The van der Waals surface area contributed by atoms with Crippen molar-refractivity contribution in [3.8, 4) is 0 Å². The van der Waals surface area contributed by atoms with Gasteiger partial charge in [0.05, 0.1) is 0 Å². The molecular weight excluding hydrogens is 257 g/mol. The fourth-order valence-electron chi connectivity index (χ4n) is 1.68. The Morgan fingerprint density at radius 3 is 2.44 bits per heavy atom. The topological polar surface area (TPSA) is 62.1 Å². The third kappa shape index (κ3) is 2.43. The molecule has 0 aliphatic carbocycles. The van der Waals surface area contributed by atoms with E-state index < -0.39 is 16.1 Å². The lowest BCUT2D eigenvalue weighted by Gasteiger charge is -2.12. The molecule has 0 radical (unpaired) electrons. The van der Waals surface area contributed by atoms with E-state index in [0.29, 0.717) is 5.56 Å². The van der Waals surface area contributed by atoms with Crippen molar-refractivity contribution in [2.24, 2.45) is 0 Å². The minimum Gasteiger partial charge on any atom is -0.805 e. The predicted molar refractivity (Wildman–Crippen MR) is 64.6 cm³/mol. The highest BCUT2D eigenvalue weighted by molar-refractivity contribution is 7.63. The zero-order valence-electron chi connectivity index (χ0n) is 9.21. The van der Waals surface area contributed by atoms with Gasteiger partial charge >= 0.3 is 0 Å². The van der Waals surface area contributed by atoms with Gasteiger partial charge in [0, 0.05) is 6.42 Å². The van der Waals surface area contributed by atoms with E-state index in [0.717, 1.165) is 6.20 Å². The average Bonchev–Trinajstić information content (AvgIpc) is 2.31. The molecule has 1 aromatic heterocycles. The van der Waals surface area contributed by atoms with Crippen molar-refractivity contribution in [2.75, 3.05) is 0 Å². The van der Waals surface area contributed by atoms with Crippen molar-refractivity contribution >= 4 is 10.3 Å². The van der Waals surface area contributed by atoms with E-state index in [1.165, 1.54) is 18.2 Å². The maximum absolute atomic E-state index is 13.5. The van der Waals surface area contributed by atoms with Gasteiger partial charge in [-0.25, -0.2) is 4.39 Å². The number of halogens is 1. The van der Waals surface area contributed by atoms with E-state index in [-0.39, 0.29) is 21.4 Å². The number of aromatic nitrogens is 1. The molecule has 2 aromatic rings. The summed E-state index contributed by atoms with van der Waals surface area (Å²) in [5.74, 6) is -0.429. The molecule has 0 spiro atoms.